The Balaban J connectivity index is 3.81. The van der Waals surface area contributed by atoms with Gasteiger partial charge in [0.1, 0.15) is 0 Å². The third-order valence-corrected chi connectivity index (χ3v) is 1.89. The smallest absolute Gasteiger partial charge is 0.0158 e. The standard InChI is InChI=1S/C9H12S/c1-4-7-9(6-3)10-8-5-2/h4-7H,1-3,8H2/b9-7+. The van der Waals surface area contributed by atoms with E-state index in [9.17, 15) is 0 Å². The fourth-order valence-corrected chi connectivity index (χ4v) is 1.07. The highest BCUT2D eigenvalue weighted by Gasteiger charge is 1.86. The van der Waals surface area contributed by atoms with Gasteiger partial charge in [0.05, 0.1) is 0 Å². The molecule has 1 heteroatoms. The molecule has 0 saturated heterocycles. The Morgan fingerprint density at radius 2 is 2.00 bits per heavy atom. The minimum atomic E-state index is 0.922. The summed E-state index contributed by atoms with van der Waals surface area (Å²) in [6, 6.07) is 0. The van der Waals surface area contributed by atoms with Crippen molar-refractivity contribution >= 4 is 11.8 Å². The molecule has 0 aromatic heterocycles. The number of allylic oxidation sites excluding steroid dienone is 3. The summed E-state index contributed by atoms with van der Waals surface area (Å²) in [5.41, 5.74) is 0. The highest BCUT2D eigenvalue weighted by Crippen LogP contribution is 2.15. The van der Waals surface area contributed by atoms with Crippen molar-refractivity contribution in [1.29, 1.82) is 0 Å². The molecular formula is C9H12S. The zero-order valence-electron chi connectivity index (χ0n) is 6.05. The van der Waals surface area contributed by atoms with Crippen LogP contribution in [0.2, 0.25) is 0 Å². The first-order valence-corrected chi connectivity index (χ1v) is 4.02. The van der Waals surface area contributed by atoms with E-state index >= 15 is 0 Å². The van der Waals surface area contributed by atoms with Gasteiger partial charge in [-0.15, -0.1) is 18.3 Å². The van der Waals surface area contributed by atoms with Crippen LogP contribution in [-0.4, -0.2) is 5.75 Å². The van der Waals surface area contributed by atoms with Crippen LogP contribution in [-0.2, 0) is 0 Å². The van der Waals surface area contributed by atoms with E-state index in [0.717, 1.165) is 10.7 Å². The maximum absolute atomic E-state index is 3.66. The predicted molar refractivity (Wildman–Crippen MR) is 51.1 cm³/mol. The maximum Gasteiger partial charge on any atom is 0.0158 e. The lowest BCUT2D eigenvalue weighted by Crippen LogP contribution is -1.70. The molecule has 0 atom stereocenters. The normalized spacial score (nSPS) is 10.6. The molecule has 0 rings (SSSR count). The van der Waals surface area contributed by atoms with Gasteiger partial charge in [0.2, 0.25) is 0 Å². The molecule has 0 bridgehead atoms. The van der Waals surface area contributed by atoms with Crippen molar-refractivity contribution < 1.29 is 0 Å². The van der Waals surface area contributed by atoms with Gasteiger partial charge in [-0.1, -0.05) is 31.4 Å². The zero-order chi connectivity index (χ0) is 7.82. The topological polar surface area (TPSA) is 0 Å². The van der Waals surface area contributed by atoms with E-state index < -0.39 is 0 Å². The summed E-state index contributed by atoms with van der Waals surface area (Å²) in [7, 11) is 0. The van der Waals surface area contributed by atoms with Crippen LogP contribution in [0.4, 0.5) is 0 Å². The van der Waals surface area contributed by atoms with Crippen LogP contribution in [0.3, 0.4) is 0 Å². The van der Waals surface area contributed by atoms with Crippen LogP contribution in [0, 0.1) is 0 Å². The molecule has 0 nitrogen and oxygen atoms in total. The van der Waals surface area contributed by atoms with Crippen LogP contribution in [0.5, 0.6) is 0 Å². The molecule has 0 radical (unpaired) electrons. The molecule has 0 spiro atoms. The molecule has 0 fully saturated rings. The Hall–Kier alpha value is -0.690. The predicted octanol–water partition coefficient (Wildman–Crippen LogP) is 3.16. The van der Waals surface area contributed by atoms with Crippen molar-refractivity contribution in [2.45, 2.75) is 0 Å². The molecule has 0 aliphatic carbocycles. The van der Waals surface area contributed by atoms with Gasteiger partial charge in [-0.2, -0.15) is 0 Å². The molecule has 10 heavy (non-hydrogen) atoms. The Morgan fingerprint density at radius 1 is 1.30 bits per heavy atom. The quantitative estimate of drug-likeness (QED) is 0.431. The molecule has 0 aromatic rings. The zero-order valence-corrected chi connectivity index (χ0v) is 6.86. The molecule has 0 saturated carbocycles. The number of thioether (sulfide) groups is 1. The van der Waals surface area contributed by atoms with Gasteiger partial charge in [-0.25, -0.2) is 0 Å². The highest BCUT2D eigenvalue weighted by molar-refractivity contribution is 8.03. The molecule has 0 amide bonds. The van der Waals surface area contributed by atoms with Crippen LogP contribution in [0.25, 0.3) is 0 Å². The maximum atomic E-state index is 3.66. The molecule has 54 valence electrons. The monoisotopic (exact) mass is 152 g/mol. The van der Waals surface area contributed by atoms with Gasteiger partial charge < -0.3 is 0 Å². The van der Waals surface area contributed by atoms with Gasteiger partial charge in [0.15, 0.2) is 0 Å². The summed E-state index contributed by atoms with van der Waals surface area (Å²) in [6.45, 7) is 10.9. The van der Waals surface area contributed by atoms with Crippen LogP contribution in [0.1, 0.15) is 0 Å². The third kappa shape index (κ3) is 4.21. The van der Waals surface area contributed by atoms with Crippen molar-refractivity contribution in [3.63, 3.8) is 0 Å². The first-order chi connectivity index (χ1) is 4.85. The molecule has 0 heterocycles. The number of hydrogen-bond acceptors (Lipinski definition) is 1. The molecule has 0 aliphatic heterocycles. The molecule has 0 aliphatic rings. The van der Waals surface area contributed by atoms with E-state index in [1.165, 1.54) is 0 Å². The van der Waals surface area contributed by atoms with Crippen LogP contribution in [0.15, 0.2) is 48.9 Å². The SMILES string of the molecule is C=C/C=C(\C=C)SCC=C. The summed E-state index contributed by atoms with van der Waals surface area (Å²) in [6.07, 6.45) is 7.37. The average molecular weight is 152 g/mol. The van der Waals surface area contributed by atoms with E-state index in [4.69, 9.17) is 0 Å². The Kier molecular flexibility index (Phi) is 5.99. The van der Waals surface area contributed by atoms with Crippen molar-refractivity contribution in [2.24, 2.45) is 0 Å². The second-order valence-corrected chi connectivity index (χ2v) is 2.70. The van der Waals surface area contributed by atoms with Crippen molar-refractivity contribution in [3.05, 3.63) is 48.9 Å². The lowest BCUT2D eigenvalue weighted by Gasteiger charge is -1.94. The minimum Gasteiger partial charge on any atom is -0.122 e. The van der Waals surface area contributed by atoms with Gasteiger partial charge in [0.25, 0.3) is 0 Å². The van der Waals surface area contributed by atoms with E-state index in [1.807, 2.05) is 18.2 Å². The summed E-state index contributed by atoms with van der Waals surface area (Å²) >= 11 is 1.70. The first-order valence-electron chi connectivity index (χ1n) is 3.04. The second kappa shape index (κ2) is 6.43. The Labute approximate surface area is 67.0 Å². The molecule has 0 aromatic carbocycles. The van der Waals surface area contributed by atoms with Crippen molar-refractivity contribution in [1.82, 2.24) is 0 Å². The lowest BCUT2D eigenvalue weighted by atomic mass is 10.5. The summed E-state index contributed by atoms with van der Waals surface area (Å²) in [4.78, 5) is 1.13. The molecular weight excluding hydrogens is 140 g/mol. The van der Waals surface area contributed by atoms with Gasteiger partial charge in [-0.3, -0.25) is 0 Å². The highest BCUT2D eigenvalue weighted by atomic mass is 32.2. The fraction of sp³-hybridized carbons (Fsp3) is 0.111. The lowest BCUT2D eigenvalue weighted by molar-refractivity contribution is 1.80. The second-order valence-electron chi connectivity index (χ2n) is 1.61. The van der Waals surface area contributed by atoms with Gasteiger partial charge >= 0.3 is 0 Å². The van der Waals surface area contributed by atoms with E-state index in [2.05, 4.69) is 19.7 Å². The number of rotatable bonds is 5. The van der Waals surface area contributed by atoms with Gasteiger partial charge in [0, 0.05) is 10.7 Å². The largest absolute Gasteiger partial charge is 0.122 e. The molecule has 0 unspecified atom stereocenters. The summed E-state index contributed by atoms with van der Waals surface area (Å²) in [5.74, 6) is 0.922. The van der Waals surface area contributed by atoms with Gasteiger partial charge in [-0.05, 0) is 6.08 Å². The summed E-state index contributed by atoms with van der Waals surface area (Å²) in [5, 5.41) is 0. The fourth-order valence-electron chi connectivity index (χ4n) is 0.446. The minimum absolute atomic E-state index is 0.922. The van der Waals surface area contributed by atoms with Crippen LogP contribution < -0.4 is 0 Å². The van der Waals surface area contributed by atoms with Crippen molar-refractivity contribution in [3.8, 4) is 0 Å². The van der Waals surface area contributed by atoms with Crippen LogP contribution >= 0.6 is 11.8 Å². The van der Waals surface area contributed by atoms with E-state index in [0.29, 0.717) is 0 Å². The van der Waals surface area contributed by atoms with E-state index in [-0.39, 0.29) is 0 Å². The number of hydrogen-bond donors (Lipinski definition) is 0. The summed E-state index contributed by atoms with van der Waals surface area (Å²) < 4.78 is 0. The molecule has 0 N–H and O–H groups in total. The Morgan fingerprint density at radius 3 is 2.40 bits per heavy atom. The van der Waals surface area contributed by atoms with Crippen molar-refractivity contribution in [2.75, 3.05) is 5.75 Å². The van der Waals surface area contributed by atoms with E-state index in [1.54, 1.807) is 17.8 Å². The third-order valence-electron chi connectivity index (χ3n) is 0.851. The first kappa shape index (κ1) is 9.31. The Bertz CT molecular complexity index is 154. The average Bonchev–Trinajstić information content (AvgIpc) is 1.98.